The minimum atomic E-state index is -1.87. The second-order valence-corrected chi connectivity index (χ2v) is 12.9. The van der Waals surface area contributed by atoms with E-state index < -0.39 is 11.6 Å². The highest BCUT2D eigenvalue weighted by Crippen LogP contribution is 2.40. The number of aliphatic hydroxyl groups is 1. The van der Waals surface area contributed by atoms with E-state index >= 15 is 0 Å². The van der Waals surface area contributed by atoms with Gasteiger partial charge in [0.25, 0.3) is 5.56 Å². The summed E-state index contributed by atoms with van der Waals surface area (Å²) in [6.07, 6.45) is 7.13. The molecule has 1 atom stereocenters. The number of piperidine rings is 1. The molecule has 10 nitrogen and oxygen atoms in total. The van der Waals surface area contributed by atoms with Gasteiger partial charge in [0.2, 0.25) is 0 Å². The standard InChI is InChI=1S/C36H46N4O6/c1-5-9-15-38(16-10-6-2)23-13-17-39(18-14-23)35(43)46-24-11-12-30-26(19-24)25(7-3)27-21-40-31(32(27)37-30)20-29-28(33(40)41)22-45-34(42)36(29,44)8-4/h11-12,19-20,23,44H,5-10,13-18,21-22H2,1-4H3/t36-/m0/s1. The molecule has 1 N–H and O–H groups in total. The zero-order valence-corrected chi connectivity index (χ0v) is 27.6. The molecule has 0 radical (unpaired) electrons. The van der Waals surface area contributed by atoms with Crippen LogP contribution in [0.4, 0.5) is 4.79 Å². The van der Waals surface area contributed by atoms with E-state index in [4.69, 9.17) is 14.5 Å². The summed E-state index contributed by atoms with van der Waals surface area (Å²) in [5.74, 6) is -0.270. The zero-order chi connectivity index (χ0) is 32.6. The van der Waals surface area contributed by atoms with Gasteiger partial charge in [0.05, 0.1) is 29.0 Å². The van der Waals surface area contributed by atoms with E-state index in [2.05, 4.69) is 25.7 Å². The van der Waals surface area contributed by atoms with E-state index in [1.165, 1.54) is 25.7 Å². The van der Waals surface area contributed by atoms with Crippen LogP contribution in [-0.4, -0.2) is 68.7 Å². The van der Waals surface area contributed by atoms with Gasteiger partial charge in [0, 0.05) is 35.6 Å². The van der Waals surface area contributed by atoms with Crippen LogP contribution in [0, 0.1) is 0 Å². The summed E-state index contributed by atoms with van der Waals surface area (Å²) in [4.78, 5) is 48.8. The molecule has 1 saturated heterocycles. The Bertz CT molecular complexity index is 1700. The number of unbranched alkanes of at least 4 members (excludes halogenated alkanes) is 2. The maximum atomic E-state index is 13.6. The number of esters is 1. The van der Waals surface area contributed by atoms with Crippen molar-refractivity contribution in [2.75, 3.05) is 26.2 Å². The second kappa shape index (κ2) is 13.2. The first-order valence-corrected chi connectivity index (χ1v) is 17.1. The van der Waals surface area contributed by atoms with Gasteiger partial charge in [-0.1, -0.05) is 40.5 Å². The number of benzene rings is 1. The summed E-state index contributed by atoms with van der Waals surface area (Å²) in [5, 5.41) is 12.1. The molecule has 3 aliphatic rings. The second-order valence-electron chi connectivity index (χ2n) is 12.9. The van der Waals surface area contributed by atoms with Crippen LogP contribution in [0.5, 0.6) is 5.75 Å². The van der Waals surface area contributed by atoms with Crippen molar-refractivity contribution < 1.29 is 24.2 Å². The number of carbonyl (C=O) groups excluding carboxylic acids is 2. The molecule has 2 aromatic heterocycles. The largest absolute Gasteiger partial charge is 0.458 e. The van der Waals surface area contributed by atoms with Gasteiger partial charge in [0.15, 0.2) is 5.60 Å². The number of pyridine rings is 2. The van der Waals surface area contributed by atoms with Crippen molar-refractivity contribution in [2.24, 2.45) is 0 Å². The van der Waals surface area contributed by atoms with Crippen LogP contribution in [0.15, 0.2) is 29.1 Å². The predicted octanol–water partition coefficient (Wildman–Crippen LogP) is 5.51. The maximum absolute atomic E-state index is 13.6. The molecular formula is C36H46N4O6. The summed E-state index contributed by atoms with van der Waals surface area (Å²) in [5.41, 5.74) is 2.37. The number of likely N-dealkylation sites (tertiary alicyclic amines) is 1. The fourth-order valence-electron chi connectivity index (χ4n) is 7.39. The molecule has 3 aromatic rings. The van der Waals surface area contributed by atoms with Crippen molar-refractivity contribution in [3.8, 4) is 17.1 Å². The third-order valence-corrected chi connectivity index (χ3v) is 10.2. The average molecular weight is 631 g/mol. The Hall–Kier alpha value is -3.76. The lowest BCUT2D eigenvalue weighted by atomic mass is 9.86. The molecule has 10 heteroatoms. The fourth-order valence-corrected chi connectivity index (χ4v) is 7.39. The van der Waals surface area contributed by atoms with Crippen molar-refractivity contribution in [1.29, 1.82) is 0 Å². The minimum Gasteiger partial charge on any atom is -0.458 e. The molecule has 1 aromatic carbocycles. The number of carbonyl (C=O) groups is 2. The Morgan fingerprint density at radius 1 is 1.07 bits per heavy atom. The molecule has 0 bridgehead atoms. The number of aromatic nitrogens is 2. The number of cyclic esters (lactones) is 1. The third kappa shape index (κ3) is 5.59. The highest BCUT2D eigenvalue weighted by Gasteiger charge is 2.45. The fraction of sp³-hybridized carbons (Fsp3) is 0.556. The molecule has 0 unspecified atom stereocenters. The Balaban J connectivity index is 1.23. The van der Waals surface area contributed by atoms with Gasteiger partial charge < -0.3 is 28.9 Å². The third-order valence-electron chi connectivity index (χ3n) is 10.2. The average Bonchev–Trinajstić information content (AvgIpc) is 3.44. The van der Waals surface area contributed by atoms with Gasteiger partial charge in [-0.2, -0.15) is 0 Å². The number of rotatable bonds is 10. The first-order valence-electron chi connectivity index (χ1n) is 17.1. The van der Waals surface area contributed by atoms with Gasteiger partial charge in [-0.15, -0.1) is 0 Å². The van der Waals surface area contributed by atoms with Crippen molar-refractivity contribution in [1.82, 2.24) is 19.4 Å². The molecule has 6 rings (SSSR count). The number of nitrogens with zero attached hydrogens (tertiary/aromatic N) is 4. The Kier molecular flexibility index (Phi) is 9.21. The number of hydrogen-bond donors (Lipinski definition) is 1. The first kappa shape index (κ1) is 32.2. The van der Waals surface area contributed by atoms with Gasteiger partial charge in [-0.05, 0) is 81.4 Å². The van der Waals surface area contributed by atoms with E-state index in [1.807, 2.05) is 17.0 Å². The van der Waals surface area contributed by atoms with E-state index in [0.717, 1.165) is 48.0 Å². The lowest BCUT2D eigenvalue weighted by molar-refractivity contribution is -0.172. The number of aryl methyl sites for hydroxylation is 1. The zero-order valence-electron chi connectivity index (χ0n) is 27.6. The first-order chi connectivity index (χ1) is 22.2. The summed E-state index contributed by atoms with van der Waals surface area (Å²) in [7, 11) is 0. The molecule has 0 spiro atoms. The highest BCUT2D eigenvalue weighted by molar-refractivity contribution is 5.90. The van der Waals surface area contributed by atoms with Crippen molar-refractivity contribution in [2.45, 2.75) is 104 Å². The molecule has 1 amide bonds. The molecule has 3 aliphatic heterocycles. The molecular weight excluding hydrogens is 584 g/mol. The molecule has 46 heavy (non-hydrogen) atoms. The van der Waals surface area contributed by atoms with Gasteiger partial charge in [-0.25, -0.2) is 14.6 Å². The van der Waals surface area contributed by atoms with Crippen LogP contribution >= 0.6 is 0 Å². The van der Waals surface area contributed by atoms with E-state index in [1.54, 1.807) is 23.6 Å². The highest BCUT2D eigenvalue weighted by atomic mass is 16.6. The normalized spacial score (nSPS) is 19.3. The van der Waals surface area contributed by atoms with Crippen LogP contribution in [-0.2, 0) is 34.7 Å². The molecule has 0 saturated carbocycles. The molecule has 5 heterocycles. The number of fused-ring (bicyclic) bond motifs is 5. The summed E-state index contributed by atoms with van der Waals surface area (Å²) in [6, 6.07) is 7.74. The topological polar surface area (TPSA) is 114 Å². The van der Waals surface area contributed by atoms with Crippen LogP contribution in [0.3, 0.4) is 0 Å². The number of ether oxygens (including phenoxy) is 2. The summed E-state index contributed by atoms with van der Waals surface area (Å²) < 4.78 is 12.8. The number of hydrogen-bond acceptors (Lipinski definition) is 8. The summed E-state index contributed by atoms with van der Waals surface area (Å²) >= 11 is 0. The SMILES string of the molecule is CCCCN(CCCC)C1CCN(C(=O)Oc2ccc3nc4c(c(CC)c3c2)Cn2c-4cc3c(c2=O)COC(=O)[C@]3(O)CC)CC1. The van der Waals surface area contributed by atoms with Crippen LogP contribution < -0.4 is 10.3 Å². The van der Waals surface area contributed by atoms with Gasteiger partial charge in [-0.3, -0.25) is 4.79 Å². The Morgan fingerprint density at radius 2 is 1.78 bits per heavy atom. The maximum Gasteiger partial charge on any atom is 0.415 e. The van der Waals surface area contributed by atoms with Crippen LogP contribution in [0.25, 0.3) is 22.3 Å². The van der Waals surface area contributed by atoms with Crippen molar-refractivity contribution >= 4 is 23.0 Å². The van der Waals surface area contributed by atoms with Crippen LogP contribution in [0.1, 0.15) is 94.9 Å². The van der Waals surface area contributed by atoms with E-state index in [-0.39, 0.29) is 24.7 Å². The van der Waals surface area contributed by atoms with Crippen LogP contribution in [0.2, 0.25) is 0 Å². The van der Waals surface area contributed by atoms with Gasteiger partial charge >= 0.3 is 12.1 Å². The molecule has 1 fully saturated rings. The quantitative estimate of drug-likeness (QED) is 0.228. The lowest BCUT2D eigenvalue weighted by Gasteiger charge is -2.38. The Labute approximate surface area is 270 Å². The monoisotopic (exact) mass is 630 g/mol. The van der Waals surface area contributed by atoms with E-state index in [9.17, 15) is 19.5 Å². The van der Waals surface area contributed by atoms with Gasteiger partial charge in [0.1, 0.15) is 12.4 Å². The van der Waals surface area contributed by atoms with Crippen molar-refractivity contribution in [3.63, 3.8) is 0 Å². The van der Waals surface area contributed by atoms with E-state index in [0.29, 0.717) is 60.4 Å². The minimum absolute atomic E-state index is 0.0931. The number of amides is 1. The predicted molar refractivity (Wildman–Crippen MR) is 176 cm³/mol. The van der Waals surface area contributed by atoms with Crippen molar-refractivity contribution in [3.05, 3.63) is 56.9 Å². The Morgan fingerprint density at radius 3 is 2.43 bits per heavy atom. The molecule has 246 valence electrons. The summed E-state index contributed by atoms with van der Waals surface area (Å²) in [6.45, 7) is 12.0. The smallest absolute Gasteiger partial charge is 0.415 e. The lowest BCUT2D eigenvalue weighted by Crippen LogP contribution is -2.48. The molecule has 0 aliphatic carbocycles.